The van der Waals surface area contributed by atoms with Gasteiger partial charge in [-0.1, -0.05) is 97.1 Å². The van der Waals surface area contributed by atoms with Gasteiger partial charge >= 0.3 is 5.97 Å². The highest BCUT2D eigenvalue weighted by molar-refractivity contribution is 6.03. The number of amides is 11. The van der Waals surface area contributed by atoms with Crippen LogP contribution >= 0.6 is 0 Å². The predicted molar refractivity (Wildman–Crippen MR) is 434 cm³/mol. The Balaban J connectivity index is 0.782. The molecule has 12 rings (SSSR count). The molecule has 0 saturated carbocycles. The lowest BCUT2D eigenvalue weighted by atomic mass is 9.77. The van der Waals surface area contributed by atoms with Gasteiger partial charge in [-0.15, -0.1) is 0 Å². The van der Waals surface area contributed by atoms with E-state index in [2.05, 4.69) is 63.1 Å². The number of unbranched alkanes of at least 4 members (excludes halogenated alkanes) is 2. The van der Waals surface area contributed by atoms with Gasteiger partial charge in [0, 0.05) is 120 Å². The second-order valence-electron chi connectivity index (χ2n) is 29.8. The predicted octanol–water partition coefficient (Wildman–Crippen LogP) is 4.45. The number of nitrogens with one attached hydrogen (secondary N) is 12. The summed E-state index contributed by atoms with van der Waals surface area (Å²) in [5.41, 5.74) is 15.0. The Hall–Kier alpha value is -13.4. The van der Waals surface area contributed by atoms with Crippen molar-refractivity contribution in [1.82, 2.24) is 63.1 Å². The molecule has 9 atom stereocenters. The van der Waals surface area contributed by atoms with Gasteiger partial charge in [0.15, 0.2) is 5.60 Å². The number of H-pyrrole nitrogens is 2. The molecule has 19 N–H and O–H groups in total. The number of phenolic OH excluding ortho intramolecular Hbond substituents is 2. The van der Waals surface area contributed by atoms with Crippen LogP contribution in [-0.2, 0) is 84.0 Å². The topological polar surface area (TPSA) is 488 Å². The van der Waals surface area contributed by atoms with Crippen LogP contribution in [0.2, 0.25) is 0 Å². The first-order valence-corrected chi connectivity index (χ1v) is 39.5. The number of rotatable bonds is 22. The number of aromatic hydroxyl groups is 2. The molecule has 0 bridgehead atoms. The Labute approximate surface area is 678 Å². The van der Waals surface area contributed by atoms with Crippen molar-refractivity contribution >= 4 is 92.8 Å². The molecule has 9 aromatic rings. The average Bonchev–Trinajstić information content (AvgIpc) is 1.51. The van der Waals surface area contributed by atoms with Crippen molar-refractivity contribution in [1.29, 1.82) is 0 Å². The number of hydrogen-bond acceptors (Lipinski definition) is 18. The number of primary amides is 1. The van der Waals surface area contributed by atoms with Crippen molar-refractivity contribution in [2.24, 2.45) is 11.5 Å². The van der Waals surface area contributed by atoms with E-state index in [-0.39, 0.29) is 149 Å². The zero-order valence-electron chi connectivity index (χ0n) is 64.9. The van der Waals surface area contributed by atoms with Gasteiger partial charge in [0.25, 0.3) is 5.91 Å². The summed E-state index contributed by atoms with van der Waals surface area (Å²) < 4.78 is 12.2. The van der Waals surface area contributed by atoms with Crippen LogP contribution in [0.1, 0.15) is 137 Å². The van der Waals surface area contributed by atoms with Crippen molar-refractivity contribution < 1.29 is 82.3 Å². The largest absolute Gasteiger partial charge is 0.508 e. The number of esters is 1. The number of aromatic nitrogens is 2. The molecule has 31 nitrogen and oxygen atoms in total. The summed E-state index contributed by atoms with van der Waals surface area (Å²) in [6, 6.07) is 33.2. The summed E-state index contributed by atoms with van der Waals surface area (Å²) in [5.74, 6) is -9.48. The molecular formula is C87H96N14O17. The summed E-state index contributed by atoms with van der Waals surface area (Å²) in [6.07, 6.45) is 1.81. The van der Waals surface area contributed by atoms with Crippen molar-refractivity contribution in [2.75, 3.05) is 19.6 Å². The highest BCUT2D eigenvalue weighted by Crippen LogP contribution is 2.57. The molecule has 11 amide bonds. The Bertz CT molecular complexity index is 5150. The van der Waals surface area contributed by atoms with Crippen LogP contribution in [0.3, 0.4) is 0 Å². The number of hydrogen-bond donors (Lipinski definition) is 17. The Kier molecular flexibility index (Phi) is 27.6. The van der Waals surface area contributed by atoms with Crippen LogP contribution < -0.4 is 69.4 Å². The third kappa shape index (κ3) is 20.6. The summed E-state index contributed by atoms with van der Waals surface area (Å²) in [6.45, 7) is 1.38. The zero-order chi connectivity index (χ0) is 83.6. The smallest absolute Gasteiger partial charge is 0.340 e. The number of ether oxygens (including phenoxy) is 2. The Morgan fingerprint density at radius 3 is 1.64 bits per heavy atom. The van der Waals surface area contributed by atoms with Crippen LogP contribution in [0, 0.1) is 0 Å². The number of carbonyl (C=O) groups is 12. The molecule has 5 heterocycles. The quantitative estimate of drug-likeness (QED) is 0.0329. The third-order valence-corrected chi connectivity index (χ3v) is 21.3. The van der Waals surface area contributed by atoms with E-state index in [0.29, 0.717) is 45.2 Å². The number of fused-ring (bicyclic) bond motifs is 8. The van der Waals surface area contributed by atoms with E-state index in [1.165, 1.54) is 61.5 Å². The van der Waals surface area contributed by atoms with Gasteiger partial charge in [0.1, 0.15) is 71.3 Å². The molecular weight excluding hydrogens is 1510 g/mol. The van der Waals surface area contributed by atoms with E-state index in [0.717, 1.165) is 16.4 Å². The molecule has 2 aromatic heterocycles. The maximum Gasteiger partial charge on any atom is 0.340 e. The van der Waals surface area contributed by atoms with E-state index in [1.54, 1.807) is 79.1 Å². The normalized spacial score (nSPS) is 20.3. The molecule has 1 saturated heterocycles. The fraction of sp³-hybridized carbons (Fsp3) is 0.333. The van der Waals surface area contributed by atoms with Gasteiger partial charge in [0.2, 0.25) is 59.1 Å². The first-order chi connectivity index (χ1) is 56.9. The van der Waals surface area contributed by atoms with E-state index >= 15 is 9.59 Å². The minimum absolute atomic E-state index is 0.000109. The van der Waals surface area contributed by atoms with Gasteiger partial charge in [-0.2, -0.15) is 0 Å². The number of para-hydroxylation sites is 2. The first kappa shape index (κ1) is 84.0. The van der Waals surface area contributed by atoms with Crippen molar-refractivity contribution in [3.8, 4) is 23.0 Å². The molecule has 0 aliphatic carbocycles. The molecule has 1 spiro atoms. The van der Waals surface area contributed by atoms with Crippen LogP contribution in [0.25, 0.3) is 21.8 Å². The first-order valence-electron chi connectivity index (χ1n) is 39.5. The number of aromatic amines is 2. The SMILES string of the molecule is C[C@@H](O)[C@@H]1NC(=O)[C@H](CCCCN)NC(=O)[C@@H](Cc2c[nH]c3ccccc23)NC(=O)[C@H](Cc2c[nH]c3ccccc23)NC(=O)[C@H](Cc2ccccc2)NC(=O)CCCNC(=O)CCC[C@@H](C(=O)NCCCC[C@H](NC(=O)c2ccc3c(c2)C2(OC3=O)c3ccc(O)cc3Oc3cc(O)ccc32)C(N)=O)NC(=O)[C@H](Cc2ccccc2)NC1=O. The Morgan fingerprint density at radius 1 is 0.542 bits per heavy atom. The number of benzene rings is 7. The van der Waals surface area contributed by atoms with E-state index in [1.807, 2.05) is 42.5 Å². The number of nitrogens with two attached hydrogens (primary N) is 2. The monoisotopic (exact) mass is 1610 g/mol. The number of aliphatic hydroxyl groups is 1. The van der Waals surface area contributed by atoms with Crippen molar-refractivity contribution in [2.45, 2.75) is 163 Å². The molecule has 118 heavy (non-hydrogen) atoms. The summed E-state index contributed by atoms with van der Waals surface area (Å²) >= 11 is 0. The average molecular weight is 1610 g/mol. The Morgan fingerprint density at radius 2 is 1.07 bits per heavy atom. The van der Waals surface area contributed by atoms with Crippen LogP contribution in [0.5, 0.6) is 23.0 Å². The zero-order valence-corrected chi connectivity index (χ0v) is 64.9. The van der Waals surface area contributed by atoms with E-state index in [9.17, 15) is 63.3 Å². The number of carbonyl (C=O) groups excluding carboxylic acids is 12. The minimum Gasteiger partial charge on any atom is -0.508 e. The molecule has 0 radical (unpaired) electrons. The van der Waals surface area contributed by atoms with Gasteiger partial charge < -0.3 is 99.4 Å². The van der Waals surface area contributed by atoms with E-state index < -0.39 is 131 Å². The fourth-order valence-electron chi connectivity index (χ4n) is 15.1. The maximum atomic E-state index is 15.3. The molecule has 7 aromatic carbocycles. The number of phenols is 2. The summed E-state index contributed by atoms with van der Waals surface area (Å²) in [7, 11) is 0. The second kappa shape index (κ2) is 38.8. The number of aliphatic hydroxyl groups excluding tert-OH is 1. The lowest BCUT2D eigenvalue weighted by molar-refractivity contribution is -0.137. The fourth-order valence-corrected chi connectivity index (χ4v) is 15.1. The molecule has 0 unspecified atom stereocenters. The van der Waals surface area contributed by atoms with Gasteiger partial charge in [-0.3, -0.25) is 52.7 Å². The summed E-state index contributed by atoms with van der Waals surface area (Å²) in [5, 5.41) is 61.6. The van der Waals surface area contributed by atoms with Gasteiger partial charge in [-0.05, 0) is 148 Å². The lowest BCUT2D eigenvalue weighted by Gasteiger charge is -2.36. The van der Waals surface area contributed by atoms with Crippen LogP contribution in [0.15, 0.2) is 176 Å². The van der Waals surface area contributed by atoms with Crippen molar-refractivity contribution in [3.63, 3.8) is 0 Å². The molecule has 31 heteroatoms. The minimum atomic E-state index is -1.80. The summed E-state index contributed by atoms with van der Waals surface area (Å²) in [4.78, 5) is 180. The molecule has 1 fully saturated rings. The van der Waals surface area contributed by atoms with Crippen molar-refractivity contribution in [3.05, 3.63) is 226 Å². The lowest BCUT2D eigenvalue weighted by Crippen LogP contribution is -2.62. The van der Waals surface area contributed by atoms with Gasteiger partial charge in [-0.25, -0.2) is 4.79 Å². The molecule has 3 aliphatic rings. The van der Waals surface area contributed by atoms with E-state index in [4.69, 9.17) is 20.9 Å². The standard InChI is InChI=1S/C87H96N14O17/c1-49(102)76-85(115)100-69(41-51-20-6-3-7-21-51)82(112)96-66(79(109)91-38-15-13-26-65(77(89)107)95-78(108)52-31-34-59-62(42-52)87(118-86(59)116)60-35-32-55(103)45-72(60)117-73-46-56(104)33-36-61(73)87)28-16-29-74(105)90-39-17-30-75(106)94-68(40-50-18-4-2-5-19-50)81(111)98-71(44-54-48-93-64-25-11-9-23-58(54)64)84(114)99-70(43-53-47-92-63-24-10-8-22-57(53)63)83(113)97-67(80(110)101-76)27-12-14-37-88/h2-11,18-25,31-36,42,45-49,65-71,76,92-93,102-104H,12-17,26-30,37-41,43-44,88H2,1H3,(H2,89,107)(H,90,105)(H,91,109)(H,94,106)(H,95,108)(H,96,112)(H,97,113)(H,98,111)(H,99,114)(H,100,115)(H,101,110)/t49-,65+,66+,67+,68+,69+,70-,71+,76+/m1/s1. The highest BCUT2D eigenvalue weighted by atomic mass is 16.6. The van der Waals surface area contributed by atoms with Crippen LogP contribution in [0.4, 0.5) is 0 Å². The van der Waals surface area contributed by atoms with Crippen LogP contribution in [-0.4, -0.2) is 170 Å². The third-order valence-electron chi connectivity index (χ3n) is 21.3. The molecule has 616 valence electrons. The van der Waals surface area contributed by atoms with Gasteiger partial charge in [0.05, 0.1) is 11.7 Å². The highest BCUT2D eigenvalue weighted by Gasteiger charge is 2.54. The second-order valence-corrected chi connectivity index (χ2v) is 29.8. The maximum absolute atomic E-state index is 15.3. The molecule has 3 aliphatic heterocycles.